The summed E-state index contributed by atoms with van der Waals surface area (Å²) in [6.45, 7) is 5.44. The third-order valence-corrected chi connectivity index (χ3v) is 5.53. The van der Waals surface area contributed by atoms with Crippen LogP contribution in [0, 0.1) is 6.92 Å². The number of nitrogens with zero attached hydrogens (tertiary/aromatic N) is 2. The molecule has 2 aromatic heterocycles. The molecule has 1 aliphatic rings. The molecule has 1 aliphatic heterocycles. The van der Waals surface area contributed by atoms with E-state index < -0.39 is 0 Å². The molecular formula is C13H14N2OS2. The van der Waals surface area contributed by atoms with Crippen molar-refractivity contribution in [2.24, 2.45) is 0 Å². The molecule has 0 unspecified atom stereocenters. The fraction of sp³-hybridized carbons (Fsp3) is 0.385. The van der Waals surface area contributed by atoms with Gasteiger partial charge in [0.2, 0.25) is 0 Å². The van der Waals surface area contributed by atoms with Gasteiger partial charge in [0, 0.05) is 24.9 Å². The van der Waals surface area contributed by atoms with E-state index in [9.17, 15) is 4.79 Å². The fourth-order valence-electron chi connectivity index (χ4n) is 2.26. The van der Waals surface area contributed by atoms with Crippen molar-refractivity contribution in [1.29, 1.82) is 0 Å². The number of anilines is 1. The summed E-state index contributed by atoms with van der Waals surface area (Å²) >= 11 is 3.36. The van der Waals surface area contributed by atoms with Gasteiger partial charge in [-0.2, -0.15) is 0 Å². The second-order valence-electron chi connectivity index (χ2n) is 4.51. The first-order valence-corrected chi connectivity index (χ1v) is 7.63. The molecule has 0 saturated heterocycles. The molecule has 0 radical (unpaired) electrons. The Kier molecular flexibility index (Phi) is 2.95. The van der Waals surface area contributed by atoms with Crippen LogP contribution in [0.3, 0.4) is 0 Å². The number of carbonyl (C=O) groups is 1. The van der Waals surface area contributed by atoms with E-state index in [-0.39, 0.29) is 5.78 Å². The number of hydrogen-bond donors (Lipinski definition) is 0. The van der Waals surface area contributed by atoms with Crippen molar-refractivity contribution < 1.29 is 4.79 Å². The summed E-state index contributed by atoms with van der Waals surface area (Å²) < 4.78 is 0. The first-order valence-electron chi connectivity index (χ1n) is 5.93. The monoisotopic (exact) mass is 278 g/mol. The van der Waals surface area contributed by atoms with Crippen LogP contribution in [-0.4, -0.2) is 17.3 Å². The summed E-state index contributed by atoms with van der Waals surface area (Å²) in [5, 5.41) is 3.14. The van der Waals surface area contributed by atoms with Crippen LogP contribution in [0.25, 0.3) is 0 Å². The summed E-state index contributed by atoms with van der Waals surface area (Å²) in [7, 11) is 0. The van der Waals surface area contributed by atoms with Crippen LogP contribution in [-0.2, 0) is 13.0 Å². The van der Waals surface area contributed by atoms with Crippen molar-refractivity contribution in [3.63, 3.8) is 0 Å². The lowest BCUT2D eigenvalue weighted by Gasteiger charge is -2.26. The number of Topliss-reactive ketones (excluding diaryl/α,β-unsaturated/α-hetero) is 1. The lowest BCUT2D eigenvalue weighted by atomic mass is 10.1. The smallest absolute Gasteiger partial charge is 0.186 e. The van der Waals surface area contributed by atoms with E-state index in [1.807, 2.05) is 18.3 Å². The lowest BCUT2D eigenvalue weighted by Crippen LogP contribution is -2.29. The minimum Gasteiger partial charge on any atom is -0.343 e. The topological polar surface area (TPSA) is 33.2 Å². The maximum absolute atomic E-state index is 11.5. The average molecular weight is 278 g/mol. The van der Waals surface area contributed by atoms with Crippen LogP contribution >= 0.6 is 22.7 Å². The number of ketones is 1. The number of fused-ring (bicyclic) bond motifs is 1. The predicted molar refractivity (Wildman–Crippen MR) is 75.9 cm³/mol. The largest absolute Gasteiger partial charge is 0.343 e. The number of hydrogen-bond acceptors (Lipinski definition) is 5. The standard InChI is InChI=1S/C13H14N2OS2/c1-8-12(9(2)16)18-13(14-8)15-5-3-11-10(7-15)4-6-17-11/h4,6H,3,5,7H2,1-2H3. The zero-order chi connectivity index (χ0) is 12.7. The van der Waals surface area contributed by atoms with Gasteiger partial charge in [-0.15, -0.1) is 11.3 Å². The molecule has 3 heterocycles. The summed E-state index contributed by atoms with van der Waals surface area (Å²) in [6, 6.07) is 2.19. The van der Waals surface area contributed by atoms with Crippen LogP contribution in [0.1, 0.15) is 32.7 Å². The third-order valence-electron chi connectivity index (χ3n) is 3.18. The van der Waals surface area contributed by atoms with Gasteiger partial charge in [-0.1, -0.05) is 11.3 Å². The molecular weight excluding hydrogens is 264 g/mol. The van der Waals surface area contributed by atoms with Crippen molar-refractivity contribution in [2.45, 2.75) is 26.8 Å². The molecule has 0 fully saturated rings. The highest BCUT2D eigenvalue weighted by molar-refractivity contribution is 7.17. The van der Waals surface area contributed by atoms with Crippen molar-refractivity contribution in [1.82, 2.24) is 4.98 Å². The zero-order valence-electron chi connectivity index (χ0n) is 10.4. The summed E-state index contributed by atoms with van der Waals surface area (Å²) in [5.41, 5.74) is 2.27. The third kappa shape index (κ3) is 1.97. The van der Waals surface area contributed by atoms with Gasteiger partial charge in [-0.3, -0.25) is 4.79 Å². The van der Waals surface area contributed by atoms with Crippen LogP contribution in [0.4, 0.5) is 5.13 Å². The molecule has 0 atom stereocenters. The number of thiophene rings is 1. The first-order chi connectivity index (χ1) is 8.65. The second kappa shape index (κ2) is 4.48. The van der Waals surface area contributed by atoms with Crippen molar-refractivity contribution in [3.8, 4) is 0 Å². The maximum Gasteiger partial charge on any atom is 0.186 e. The Balaban J connectivity index is 1.89. The van der Waals surface area contributed by atoms with Crippen molar-refractivity contribution >= 4 is 33.6 Å². The van der Waals surface area contributed by atoms with Crippen LogP contribution in [0.2, 0.25) is 0 Å². The summed E-state index contributed by atoms with van der Waals surface area (Å²) in [6.07, 6.45) is 1.08. The quantitative estimate of drug-likeness (QED) is 0.790. The predicted octanol–water partition coefficient (Wildman–Crippen LogP) is 3.28. The number of aryl methyl sites for hydroxylation is 1. The average Bonchev–Trinajstić information content (AvgIpc) is 2.93. The maximum atomic E-state index is 11.5. The number of aromatic nitrogens is 1. The fourth-order valence-corrected chi connectivity index (χ4v) is 4.13. The highest BCUT2D eigenvalue weighted by atomic mass is 32.1. The second-order valence-corrected chi connectivity index (χ2v) is 6.49. The molecule has 0 saturated carbocycles. The SMILES string of the molecule is CC(=O)c1sc(N2CCc3sccc3C2)nc1C. The molecule has 0 amide bonds. The van der Waals surface area contributed by atoms with E-state index >= 15 is 0 Å². The van der Waals surface area contributed by atoms with Gasteiger partial charge in [0.1, 0.15) is 0 Å². The van der Waals surface area contributed by atoms with Gasteiger partial charge in [0.05, 0.1) is 10.6 Å². The Morgan fingerprint density at radius 2 is 2.33 bits per heavy atom. The molecule has 94 valence electrons. The zero-order valence-corrected chi connectivity index (χ0v) is 12.0. The van der Waals surface area contributed by atoms with Crippen molar-refractivity contribution in [3.05, 3.63) is 32.5 Å². The Labute approximate surface area is 114 Å². The molecule has 2 aromatic rings. The van der Waals surface area contributed by atoms with Crippen LogP contribution in [0.5, 0.6) is 0 Å². The Morgan fingerprint density at radius 3 is 3.06 bits per heavy atom. The lowest BCUT2D eigenvalue weighted by molar-refractivity contribution is 0.102. The molecule has 3 rings (SSSR count). The summed E-state index contributed by atoms with van der Waals surface area (Å²) in [4.78, 5) is 20.6. The van der Waals surface area contributed by atoms with Gasteiger partial charge in [-0.05, 0) is 30.4 Å². The molecule has 0 N–H and O–H groups in total. The molecule has 0 aromatic carbocycles. The highest BCUT2D eigenvalue weighted by Crippen LogP contribution is 2.32. The van der Waals surface area contributed by atoms with E-state index in [0.29, 0.717) is 0 Å². The molecule has 0 bridgehead atoms. The number of rotatable bonds is 2. The van der Waals surface area contributed by atoms with E-state index in [1.54, 1.807) is 6.92 Å². The Bertz CT molecular complexity index is 600. The normalized spacial score (nSPS) is 14.7. The van der Waals surface area contributed by atoms with Gasteiger partial charge < -0.3 is 4.90 Å². The molecule has 18 heavy (non-hydrogen) atoms. The van der Waals surface area contributed by atoms with Gasteiger partial charge in [0.25, 0.3) is 0 Å². The molecule has 0 spiro atoms. The van der Waals surface area contributed by atoms with Gasteiger partial charge in [-0.25, -0.2) is 4.98 Å². The van der Waals surface area contributed by atoms with Gasteiger partial charge >= 0.3 is 0 Å². The van der Waals surface area contributed by atoms with E-state index in [4.69, 9.17) is 0 Å². The van der Waals surface area contributed by atoms with Crippen molar-refractivity contribution in [2.75, 3.05) is 11.4 Å². The number of thiazole rings is 1. The van der Waals surface area contributed by atoms with Crippen LogP contribution < -0.4 is 4.90 Å². The Morgan fingerprint density at radius 1 is 1.50 bits per heavy atom. The summed E-state index contributed by atoms with van der Waals surface area (Å²) in [5.74, 6) is 0.115. The van der Waals surface area contributed by atoms with E-state index in [2.05, 4.69) is 21.3 Å². The van der Waals surface area contributed by atoms with Gasteiger partial charge in [0.15, 0.2) is 10.9 Å². The number of carbonyl (C=O) groups excluding carboxylic acids is 1. The Hall–Kier alpha value is -1.20. The molecule has 5 heteroatoms. The van der Waals surface area contributed by atoms with Crippen LogP contribution in [0.15, 0.2) is 11.4 Å². The minimum atomic E-state index is 0.115. The van der Waals surface area contributed by atoms with E-state index in [0.717, 1.165) is 35.2 Å². The first kappa shape index (κ1) is 11.9. The molecule has 3 nitrogen and oxygen atoms in total. The molecule has 0 aliphatic carbocycles. The van der Waals surface area contributed by atoms with E-state index in [1.165, 1.54) is 21.8 Å². The minimum absolute atomic E-state index is 0.115. The highest BCUT2D eigenvalue weighted by Gasteiger charge is 2.21.